The Bertz CT molecular complexity index is 1120. The number of pyridine rings is 1. The Balaban J connectivity index is 2.63. The monoisotopic (exact) mass is 547 g/mol. The molecule has 0 bridgehead atoms. The van der Waals surface area contributed by atoms with Crippen molar-refractivity contribution in [1.82, 2.24) is 9.88 Å². The van der Waals surface area contributed by atoms with Gasteiger partial charge in [0.2, 0.25) is 0 Å². The van der Waals surface area contributed by atoms with Crippen LogP contribution in [-0.4, -0.2) is 42.1 Å². The summed E-state index contributed by atoms with van der Waals surface area (Å²) >= 11 is 0. The Morgan fingerprint density at radius 3 is 2.45 bits per heavy atom. The average Bonchev–Trinajstić information content (AvgIpc) is 2.81. The molecule has 1 aliphatic heterocycles. The van der Waals surface area contributed by atoms with E-state index in [1.165, 1.54) is 19.2 Å². The number of piperidine rings is 1. The van der Waals surface area contributed by atoms with E-state index in [1.54, 1.807) is 33.9 Å². The summed E-state index contributed by atoms with van der Waals surface area (Å²) < 4.78 is 98.9. The number of allylic oxidation sites excluding steroid dienone is 9. The van der Waals surface area contributed by atoms with Gasteiger partial charge in [-0.05, 0) is 69.9 Å². The lowest BCUT2D eigenvalue weighted by molar-refractivity contribution is -0.274. The second-order valence-electron chi connectivity index (χ2n) is 8.90. The molecule has 0 saturated carbocycles. The highest BCUT2D eigenvalue weighted by Gasteiger charge is 2.34. The number of nitrogens with zero attached hydrogens (tertiary/aromatic N) is 2. The van der Waals surface area contributed by atoms with Crippen LogP contribution in [-0.2, 0) is 0 Å². The number of nitrogens with one attached hydrogen (secondary N) is 1. The minimum absolute atomic E-state index is 0.0997. The second kappa shape index (κ2) is 13.0. The van der Waals surface area contributed by atoms with Crippen molar-refractivity contribution in [3.05, 3.63) is 76.4 Å². The molecule has 1 saturated heterocycles. The van der Waals surface area contributed by atoms with E-state index in [1.807, 2.05) is 4.90 Å². The Hall–Kier alpha value is -3.24. The highest BCUT2D eigenvalue weighted by molar-refractivity contribution is 5.57. The van der Waals surface area contributed by atoms with Crippen LogP contribution < -0.4 is 10.1 Å². The van der Waals surface area contributed by atoms with Crippen molar-refractivity contribution >= 4 is 5.82 Å². The third kappa shape index (κ3) is 8.66. The van der Waals surface area contributed by atoms with E-state index in [0.29, 0.717) is 30.7 Å². The molecule has 4 nitrogen and oxygen atoms in total. The van der Waals surface area contributed by atoms with Gasteiger partial charge < -0.3 is 15.0 Å². The predicted molar refractivity (Wildman–Crippen MR) is 134 cm³/mol. The standard InChI is InChI=1S/C27H32F7N3O/c1-6-10-18(26(29,30)31)15-20(21(28)7-2)19(17(3)4)16-23-22(11-9-14-37(23)5)36-25-24(12-8-13-35-25)38-27(32,33)34/h7-8,10,12-13,15-16,22H,6,9,11,14H2,1-5H3,(H,35,36)/b18-10-,20-15-,21-7+,23-16-. The third-order valence-corrected chi connectivity index (χ3v) is 5.77. The number of ether oxygens (including phenoxy) is 1. The van der Waals surface area contributed by atoms with Gasteiger partial charge in [0, 0.05) is 31.1 Å². The van der Waals surface area contributed by atoms with Gasteiger partial charge in [-0.3, -0.25) is 0 Å². The lowest BCUT2D eigenvalue weighted by Crippen LogP contribution is -2.38. The fraction of sp³-hybridized carbons (Fsp3) is 0.444. The molecule has 1 aliphatic rings. The fourth-order valence-corrected chi connectivity index (χ4v) is 4.01. The zero-order valence-corrected chi connectivity index (χ0v) is 21.9. The minimum Gasteiger partial charge on any atom is -0.402 e. The van der Waals surface area contributed by atoms with E-state index in [0.717, 1.165) is 24.3 Å². The van der Waals surface area contributed by atoms with Gasteiger partial charge in [-0.25, -0.2) is 9.37 Å². The van der Waals surface area contributed by atoms with E-state index in [9.17, 15) is 26.3 Å². The predicted octanol–water partition coefficient (Wildman–Crippen LogP) is 8.41. The first-order valence-corrected chi connectivity index (χ1v) is 12.1. The van der Waals surface area contributed by atoms with Crippen LogP contribution in [0.2, 0.25) is 0 Å². The second-order valence-corrected chi connectivity index (χ2v) is 8.90. The summed E-state index contributed by atoms with van der Waals surface area (Å²) in [6.07, 6.45) is -2.60. The van der Waals surface area contributed by atoms with Crippen LogP contribution in [0.4, 0.5) is 36.6 Å². The van der Waals surface area contributed by atoms with E-state index in [-0.39, 0.29) is 23.4 Å². The number of likely N-dealkylation sites (tertiary alicyclic amines) is 1. The SMILES string of the molecule is C\C=C(F)/C(=C\C(=C\CC)C(F)(F)F)C(/C=C1/C(Nc2ncccc2OC(F)(F)F)CCCN1C)=C(C)C. The molecule has 0 aromatic carbocycles. The van der Waals surface area contributed by atoms with Crippen molar-refractivity contribution in [3.63, 3.8) is 0 Å². The Labute approximate surface area is 218 Å². The molecular formula is C27H32F7N3O. The first-order chi connectivity index (χ1) is 17.7. The summed E-state index contributed by atoms with van der Waals surface area (Å²) in [5, 5.41) is 2.98. The maximum absolute atomic E-state index is 15.1. The molecule has 1 fully saturated rings. The molecule has 1 aromatic rings. The maximum atomic E-state index is 15.1. The van der Waals surface area contributed by atoms with Crippen LogP contribution in [0.1, 0.15) is 47.0 Å². The topological polar surface area (TPSA) is 37.4 Å². The molecule has 0 aliphatic carbocycles. The van der Waals surface area contributed by atoms with Crippen molar-refractivity contribution in [3.8, 4) is 5.75 Å². The molecule has 210 valence electrons. The van der Waals surface area contributed by atoms with Crippen molar-refractivity contribution in [1.29, 1.82) is 0 Å². The van der Waals surface area contributed by atoms with E-state index >= 15 is 4.39 Å². The summed E-state index contributed by atoms with van der Waals surface area (Å²) in [5.74, 6) is -1.50. The van der Waals surface area contributed by atoms with Gasteiger partial charge in [0.05, 0.1) is 11.6 Å². The molecule has 2 rings (SSSR count). The number of likely N-dealkylation sites (N-methyl/N-ethyl adjacent to an activating group) is 1. The zero-order valence-electron chi connectivity index (χ0n) is 21.9. The third-order valence-electron chi connectivity index (χ3n) is 5.77. The highest BCUT2D eigenvalue weighted by atomic mass is 19.4. The van der Waals surface area contributed by atoms with Gasteiger partial charge in [-0.15, -0.1) is 13.2 Å². The summed E-state index contributed by atoms with van der Waals surface area (Å²) in [6.45, 7) is 6.83. The highest BCUT2D eigenvalue weighted by Crippen LogP contribution is 2.36. The maximum Gasteiger partial charge on any atom is 0.573 e. The summed E-state index contributed by atoms with van der Waals surface area (Å²) in [4.78, 5) is 5.82. The van der Waals surface area contributed by atoms with E-state index in [2.05, 4.69) is 15.0 Å². The normalized spacial score (nSPS) is 19.1. The quantitative estimate of drug-likeness (QED) is 0.262. The molecule has 1 atom stereocenters. The van der Waals surface area contributed by atoms with Crippen molar-refractivity contribution < 1.29 is 35.5 Å². The smallest absolute Gasteiger partial charge is 0.402 e. The van der Waals surface area contributed by atoms with Crippen molar-refractivity contribution in [2.75, 3.05) is 18.9 Å². The summed E-state index contributed by atoms with van der Waals surface area (Å²) in [7, 11) is 1.75. The van der Waals surface area contributed by atoms with Crippen molar-refractivity contribution in [2.24, 2.45) is 0 Å². The molecule has 0 spiro atoms. The molecular weight excluding hydrogens is 515 g/mol. The molecule has 2 heterocycles. The van der Waals surface area contributed by atoms with E-state index < -0.39 is 35.7 Å². The Kier molecular flexibility index (Phi) is 10.6. The Morgan fingerprint density at radius 2 is 1.89 bits per heavy atom. The zero-order chi connectivity index (χ0) is 28.7. The number of rotatable bonds is 8. The lowest BCUT2D eigenvalue weighted by Gasteiger charge is -2.36. The number of aromatic nitrogens is 1. The molecule has 11 heteroatoms. The van der Waals surface area contributed by atoms with Crippen molar-refractivity contribution in [2.45, 2.75) is 65.5 Å². The van der Waals surface area contributed by atoms with Crippen LogP contribution in [0.15, 0.2) is 76.4 Å². The van der Waals surface area contributed by atoms with Gasteiger partial charge in [0.1, 0.15) is 5.83 Å². The Morgan fingerprint density at radius 1 is 1.21 bits per heavy atom. The number of hydrogen-bond donors (Lipinski definition) is 1. The van der Waals surface area contributed by atoms with Crippen LogP contribution >= 0.6 is 0 Å². The number of anilines is 1. The van der Waals surface area contributed by atoms with Gasteiger partial charge >= 0.3 is 12.5 Å². The lowest BCUT2D eigenvalue weighted by atomic mass is 9.92. The molecule has 1 unspecified atom stereocenters. The number of halogens is 7. The largest absolute Gasteiger partial charge is 0.573 e. The van der Waals surface area contributed by atoms with Gasteiger partial charge in [-0.2, -0.15) is 13.2 Å². The van der Waals surface area contributed by atoms with Crippen LogP contribution in [0.3, 0.4) is 0 Å². The molecule has 0 radical (unpaired) electrons. The first kappa shape index (κ1) is 31.0. The molecule has 0 amide bonds. The first-order valence-electron chi connectivity index (χ1n) is 12.1. The number of hydrogen-bond acceptors (Lipinski definition) is 4. The van der Waals surface area contributed by atoms with Crippen LogP contribution in [0.5, 0.6) is 5.75 Å². The summed E-state index contributed by atoms with van der Waals surface area (Å²) in [6, 6.07) is 1.86. The fourth-order valence-electron chi connectivity index (χ4n) is 4.01. The molecule has 38 heavy (non-hydrogen) atoms. The molecule has 1 aromatic heterocycles. The van der Waals surface area contributed by atoms with Crippen LogP contribution in [0.25, 0.3) is 0 Å². The van der Waals surface area contributed by atoms with Gasteiger partial charge in [0.15, 0.2) is 11.6 Å². The van der Waals surface area contributed by atoms with Gasteiger partial charge in [0.25, 0.3) is 0 Å². The van der Waals surface area contributed by atoms with Crippen LogP contribution in [0, 0.1) is 0 Å². The number of alkyl halides is 6. The van der Waals surface area contributed by atoms with Gasteiger partial charge in [-0.1, -0.05) is 24.6 Å². The minimum atomic E-state index is -4.93. The molecule has 1 N–H and O–H groups in total. The van der Waals surface area contributed by atoms with E-state index in [4.69, 9.17) is 0 Å². The summed E-state index contributed by atoms with van der Waals surface area (Å²) in [5.41, 5.74) is 0.122. The average molecular weight is 548 g/mol.